The van der Waals surface area contributed by atoms with Crippen LogP contribution in [0, 0.1) is 11.8 Å². The Kier molecular flexibility index (Phi) is 5.59. The van der Waals surface area contributed by atoms with Crippen LogP contribution in [0.25, 0.3) is 0 Å². The number of hydrogen-bond acceptors (Lipinski definition) is 4. The highest BCUT2D eigenvalue weighted by Gasteiger charge is 2.25. The van der Waals surface area contributed by atoms with Gasteiger partial charge in [0.05, 0.1) is 13.7 Å². The quantitative estimate of drug-likeness (QED) is 0.864. The number of methoxy groups -OCH3 is 1. The van der Waals surface area contributed by atoms with Gasteiger partial charge in [-0.15, -0.1) is 0 Å². The number of carbonyl (C=O) groups is 1. The van der Waals surface area contributed by atoms with Crippen LogP contribution in [-0.4, -0.2) is 44.1 Å². The fourth-order valence-corrected chi connectivity index (χ4v) is 2.85. The van der Waals surface area contributed by atoms with E-state index in [1.54, 1.807) is 7.11 Å². The first-order valence-corrected chi connectivity index (χ1v) is 7.48. The van der Waals surface area contributed by atoms with E-state index in [-0.39, 0.29) is 5.91 Å². The Morgan fingerprint density at radius 1 is 1.43 bits per heavy atom. The van der Waals surface area contributed by atoms with E-state index in [1.807, 2.05) is 24.3 Å². The highest BCUT2D eigenvalue weighted by atomic mass is 16.5. The molecule has 5 heteroatoms. The first kappa shape index (κ1) is 15.8. The number of amides is 1. The molecule has 0 saturated carbocycles. The van der Waals surface area contributed by atoms with E-state index in [4.69, 9.17) is 10.5 Å². The van der Waals surface area contributed by atoms with Crippen molar-refractivity contribution >= 4 is 11.6 Å². The van der Waals surface area contributed by atoms with Crippen LogP contribution in [0.1, 0.15) is 13.3 Å². The van der Waals surface area contributed by atoms with Gasteiger partial charge in [-0.2, -0.15) is 0 Å². The number of nitrogens with zero attached hydrogens (tertiary/aromatic N) is 1. The van der Waals surface area contributed by atoms with E-state index in [0.717, 1.165) is 37.5 Å². The average Bonchev–Trinajstić information content (AvgIpc) is 2.48. The van der Waals surface area contributed by atoms with Gasteiger partial charge in [-0.05, 0) is 55.6 Å². The van der Waals surface area contributed by atoms with Crippen LogP contribution in [0.15, 0.2) is 24.3 Å². The Balaban J connectivity index is 1.81. The second kappa shape index (κ2) is 7.43. The first-order chi connectivity index (χ1) is 10.1. The van der Waals surface area contributed by atoms with Crippen LogP contribution in [0.2, 0.25) is 0 Å². The predicted molar refractivity (Wildman–Crippen MR) is 84.4 cm³/mol. The fourth-order valence-electron chi connectivity index (χ4n) is 2.85. The number of likely N-dealkylation sites (tertiary alicyclic amines) is 1. The summed E-state index contributed by atoms with van der Waals surface area (Å²) in [5.74, 6) is 1.95. The van der Waals surface area contributed by atoms with E-state index in [1.165, 1.54) is 0 Å². The number of nitrogens with two attached hydrogens (primary N) is 1. The van der Waals surface area contributed by atoms with Crippen LogP contribution >= 0.6 is 0 Å². The van der Waals surface area contributed by atoms with Crippen molar-refractivity contribution in [3.63, 3.8) is 0 Å². The summed E-state index contributed by atoms with van der Waals surface area (Å²) >= 11 is 0. The molecular formula is C16H25N3O2. The SMILES string of the molecule is COc1ccc(NC(=O)CN2CCC(CN)C(C)C2)cc1. The van der Waals surface area contributed by atoms with Crippen LogP contribution in [-0.2, 0) is 4.79 Å². The topological polar surface area (TPSA) is 67.6 Å². The van der Waals surface area contributed by atoms with Gasteiger partial charge in [0.15, 0.2) is 0 Å². The van der Waals surface area contributed by atoms with Crippen molar-refractivity contribution in [2.45, 2.75) is 13.3 Å². The minimum Gasteiger partial charge on any atom is -0.497 e. The van der Waals surface area contributed by atoms with Gasteiger partial charge in [-0.25, -0.2) is 0 Å². The largest absolute Gasteiger partial charge is 0.497 e. The minimum absolute atomic E-state index is 0.0264. The molecule has 0 aliphatic carbocycles. The molecule has 1 heterocycles. The number of benzene rings is 1. The summed E-state index contributed by atoms with van der Waals surface area (Å²) in [6.07, 6.45) is 1.08. The third kappa shape index (κ3) is 4.44. The van der Waals surface area contributed by atoms with E-state index in [9.17, 15) is 4.79 Å². The molecule has 2 rings (SSSR count). The van der Waals surface area contributed by atoms with Gasteiger partial charge in [0.1, 0.15) is 5.75 Å². The molecule has 2 unspecified atom stereocenters. The van der Waals surface area contributed by atoms with Gasteiger partial charge in [0.2, 0.25) is 5.91 Å². The molecule has 1 aromatic rings. The molecule has 1 saturated heterocycles. The molecule has 0 bridgehead atoms. The van der Waals surface area contributed by atoms with Gasteiger partial charge >= 0.3 is 0 Å². The predicted octanol–water partition coefficient (Wildman–Crippen LogP) is 1.55. The Hall–Kier alpha value is -1.59. The van der Waals surface area contributed by atoms with E-state index < -0.39 is 0 Å². The maximum Gasteiger partial charge on any atom is 0.238 e. The Bertz CT molecular complexity index is 461. The second-order valence-corrected chi connectivity index (χ2v) is 5.77. The number of anilines is 1. The monoisotopic (exact) mass is 291 g/mol. The molecule has 1 aliphatic rings. The number of ether oxygens (including phenoxy) is 1. The molecular weight excluding hydrogens is 266 g/mol. The lowest BCUT2D eigenvalue weighted by molar-refractivity contribution is -0.117. The highest BCUT2D eigenvalue weighted by molar-refractivity contribution is 5.92. The van der Waals surface area contributed by atoms with Crippen molar-refractivity contribution in [3.8, 4) is 5.75 Å². The number of nitrogens with one attached hydrogen (secondary N) is 1. The first-order valence-electron chi connectivity index (χ1n) is 7.48. The van der Waals surface area contributed by atoms with Crippen molar-refractivity contribution in [1.29, 1.82) is 0 Å². The van der Waals surface area contributed by atoms with Crippen LogP contribution in [0.3, 0.4) is 0 Å². The third-order valence-electron chi connectivity index (χ3n) is 4.21. The fraction of sp³-hybridized carbons (Fsp3) is 0.562. The number of hydrogen-bond donors (Lipinski definition) is 2. The van der Waals surface area contributed by atoms with Crippen molar-refractivity contribution in [1.82, 2.24) is 4.90 Å². The number of rotatable bonds is 5. The Morgan fingerprint density at radius 2 is 2.14 bits per heavy atom. The van der Waals surface area contributed by atoms with Gasteiger partial charge in [0, 0.05) is 12.2 Å². The number of carbonyl (C=O) groups excluding carboxylic acids is 1. The maximum atomic E-state index is 12.1. The summed E-state index contributed by atoms with van der Waals surface area (Å²) in [4.78, 5) is 14.3. The molecule has 1 aliphatic heterocycles. The summed E-state index contributed by atoms with van der Waals surface area (Å²) < 4.78 is 5.10. The van der Waals surface area contributed by atoms with Crippen LogP contribution in [0.4, 0.5) is 5.69 Å². The molecule has 0 radical (unpaired) electrons. The zero-order valence-electron chi connectivity index (χ0n) is 12.8. The normalized spacial score (nSPS) is 22.8. The Morgan fingerprint density at radius 3 is 2.71 bits per heavy atom. The Labute approximate surface area is 126 Å². The minimum atomic E-state index is 0.0264. The second-order valence-electron chi connectivity index (χ2n) is 5.77. The smallest absolute Gasteiger partial charge is 0.238 e. The van der Waals surface area contributed by atoms with Gasteiger partial charge in [0.25, 0.3) is 0 Å². The van der Waals surface area contributed by atoms with E-state index >= 15 is 0 Å². The summed E-state index contributed by atoms with van der Waals surface area (Å²) in [6, 6.07) is 7.37. The molecule has 2 atom stereocenters. The average molecular weight is 291 g/mol. The lowest BCUT2D eigenvalue weighted by Gasteiger charge is -2.35. The van der Waals surface area contributed by atoms with Crippen LogP contribution < -0.4 is 15.8 Å². The summed E-state index contributed by atoms with van der Waals surface area (Å²) in [5.41, 5.74) is 6.56. The standard InChI is InChI=1S/C16H25N3O2/c1-12-10-19(8-7-13(12)9-17)11-16(20)18-14-3-5-15(21-2)6-4-14/h3-6,12-13H,7-11,17H2,1-2H3,(H,18,20). The molecule has 21 heavy (non-hydrogen) atoms. The van der Waals surface area contributed by atoms with Gasteiger partial charge in [-0.3, -0.25) is 9.69 Å². The van der Waals surface area contributed by atoms with E-state index in [2.05, 4.69) is 17.1 Å². The van der Waals surface area contributed by atoms with Gasteiger partial charge in [-0.1, -0.05) is 6.92 Å². The third-order valence-corrected chi connectivity index (χ3v) is 4.21. The lowest BCUT2D eigenvalue weighted by atomic mass is 9.87. The van der Waals surface area contributed by atoms with Gasteiger partial charge < -0.3 is 15.8 Å². The van der Waals surface area contributed by atoms with Crippen molar-refractivity contribution in [3.05, 3.63) is 24.3 Å². The zero-order chi connectivity index (χ0) is 15.2. The molecule has 5 nitrogen and oxygen atoms in total. The molecule has 0 aromatic heterocycles. The van der Waals surface area contributed by atoms with E-state index in [0.29, 0.717) is 18.4 Å². The van der Waals surface area contributed by atoms with Crippen molar-refractivity contribution in [2.75, 3.05) is 38.6 Å². The molecule has 1 amide bonds. The van der Waals surface area contributed by atoms with Crippen molar-refractivity contribution < 1.29 is 9.53 Å². The summed E-state index contributed by atoms with van der Waals surface area (Å²) in [5, 5.41) is 2.92. The number of piperidine rings is 1. The van der Waals surface area contributed by atoms with Crippen LogP contribution in [0.5, 0.6) is 5.75 Å². The molecule has 3 N–H and O–H groups in total. The van der Waals surface area contributed by atoms with Crippen molar-refractivity contribution in [2.24, 2.45) is 17.6 Å². The molecule has 0 spiro atoms. The maximum absolute atomic E-state index is 12.1. The molecule has 1 aromatic carbocycles. The summed E-state index contributed by atoms with van der Waals surface area (Å²) in [7, 11) is 1.62. The molecule has 1 fully saturated rings. The lowest BCUT2D eigenvalue weighted by Crippen LogP contribution is -2.44. The highest BCUT2D eigenvalue weighted by Crippen LogP contribution is 2.22. The summed E-state index contributed by atoms with van der Waals surface area (Å²) in [6.45, 7) is 5.28. The zero-order valence-corrected chi connectivity index (χ0v) is 12.8. The molecule has 116 valence electrons.